The summed E-state index contributed by atoms with van der Waals surface area (Å²) >= 11 is 0. The van der Waals surface area contributed by atoms with Crippen LogP contribution in [-0.2, 0) is 9.47 Å². The zero-order chi connectivity index (χ0) is 18.1. The van der Waals surface area contributed by atoms with Crippen LogP contribution in [0.5, 0.6) is 6.01 Å². The van der Waals surface area contributed by atoms with Gasteiger partial charge in [-0.1, -0.05) is 12.1 Å². The first kappa shape index (κ1) is 17.8. The van der Waals surface area contributed by atoms with E-state index in [2.05, 4.69) is 4.98 Å². The zero-order valence-corrected chi connectivity index (χ0v) is 14.7. The molecular weight excluding hydrogens is 312 g/mol. The van der Waals surface area contributed by atoms with Crippen molar-refractivity contribution in [3.63, 3.8) is 0 Å². The number of hydrogen-bond acceptors (Lipinski definition) is 6. The van der Waals surface area contributed by atoms with Gasteiger partial charge in [0.2, 0.25) is 0 Å². The lowest BCUT2D eigenvalue weighted by atomic mass is 10.2. The van der Waals surface area contributed by atoms with Crippen LogP contribution < -0.4 is 4.74 Å². The molecule has 7 heteroatoms. The van der Waals surface area contributed by atoms with Crippen molar-refractivity contribution in [1.82, 2.24) is 9.55 Å². The predicted octanol–water partition coefficient (Wildman–Crippen LogP) is 4.13. The average molecular weight is 334 g/mol. The summed E-state index contributed by atoms with van der Waals surface area (Å²) in [6.07, 6.45) is -1.63. The van der Waals surface area contributed by atoms with E-state index in [1.54, 1.807) is 65.8 Å². The minimum absolute atomic E-state index is 0.195. The number of rotatable bonds is 1. The topological polar surface area (TPSA) is 79.7 Å². The molecule has 0 saturated carbocycles. The molecule has 0 spiro atoms. The molecule has 130 valence electrons. The summed E-state index contributed by atoms with van der Waals surface area (Å²) in [5, 5.41) is 0. The number of ether oxygens (including phenoxy) is 3. The molecule has 0 bridgehead atoms. The molecular formula is C17H22N2O5. The molecule has 2 rings (SSSR count). The van der Waals surface area contributed by atoms with Crippen LogP contribution in [-0.4, -0.2) is 33.0 Å². The molecule has 0 fully saturated rings. The van der Waals surface area contributed by atoms with Crippen molar-refractivity contribution in [2.45, 2.75) is 52.7 Å². The van der Waals surface area contributed by atoms with Crippen LogP contribution in [0.25, 0.3) is 11.0 Å². The van der Waals surface area contributed by atoms with Crippen LogP contribution in [0.15, 0.2) is 24.3 Å². The molecule has 2 aromatic rings. The molecule has 1 aromatic heterocycles. The Labute approximate surface area is 140 Å². The molecule has 0 radical (unpaired) electrons. The number of carbonyl (C=O) groups is 2. The Hall–Kier alpha value is -2.57. The van der Waals surface area contributed by atoms with Gasteiger partial charge in [0.15, 0.2) is 0 Å². The largest absolute Gasteiger partial charge is 0.516 e. The van der Waals surface area contributed by atoms with E-state index in [-0.39, 0.29) is 6.01 Å². The monoisotopic (exact) mass is 334 g/mol. The van der Waals surface area contributed by atoms with Gasteiger partial charge in [0, 0.05) is 0 Å². The molecule has 0 saturated heterocycles. The van der Waals surface area contributed by atoms with Crippen molar-refractivity contribution in [1.29, 1.82) is 0 Å². The van der Waals surface area contributed by atoms with Gasteiger partial charge in [-0.2, -0.15) is 9.55 Å². The fourth-order valence-electron chi connectivity index (χ4n) is 1.90. The second-order valence-electron chi connectivity index (χ2n) is 7.27. The molecule has 7 nitrogen and oxygen atoms in total. The molecule has 0 aliphatic rings. The van der Waals surface area contributed by atoms with Crippen LogP contribution in [0.4, 0.5) is 9.59 Å². The third kappa shape index (κ3) is 4.47. The van der Waals surface area contributed by atoms with Gasteiger partial charge in [-0.15, -0.1) is 0 Å². The van der Waals surface area contributed by atoms with E-state index in [9.17, 15) is 9.59 Å². The van der Waals surface area contributed by atoms with Crippen molar-refractivity contribution < 1.29 is 23.8 Å². The van der Waals surface area contributed by atoms with Gasteiger partial charge >= 0.3 is 18.3 Å². The predicted molar refractivity (Wildman–Crippen MR) is 88.2 cm³/mol. The van der Waals surface area contributed by atoms with Crippen molar-refractivity contribution in [2.75, 3.05) is 0 Å². The summed E-state index contributed by atoms with van der Waals surface area (Å²) in [6.45, 7) is 10.4. The molecule has 0 aliphatic heterocycles. The van der Waals surface area contributed by atoms with E-state index in [1.807, 2.05) is 0 Å². The second-order valence-corrected chi connectivity index (χ2v) is 7.27. The Morgan fingerprint density at radius 2 is 1.54 bits per heavy atom. The maximum atomic E-state index is 12.5. The summed E-state index contributed by atoms with van der Waals surface area (Å²) in [5.74, 6) is 0. The van der Waals surface area contributed by atoms with E-state index < -0.39 is 23.5 Å². The molecule has 0 atom stereocenters. The number of hydrogen-bond donors (Lipinski definition) is 0. The summed E-state index contributed by atoms with van der Waals surface area (Å²) in [5.41, 5.74) is -0.446. The van der Waals surface area contributed by atoms with Gasteiger partial charge in [0.1, 0.15) is 11.2 Å². The summed E-state index contributed by atoms with van der Waals surface area (Å²) in [6, 6.07) is 6.72. The number of benzene rings is 1. The highest BCUT2D eigenvalue weighted by Crippen LogP contribution is 2.24. The highest BCUT2D eigenvalue weighted by molar-refractivity contribution is 5.89. The first-order valence-corrected chi connectivity index (χ1v) is 7.58. The van der Waals surface area contributed by atoms with Crippen LogP contribution in [0.3, 0.4) is 0 Å². The zero-order valence-electron chi connectivity index (χ0n) is 14.7. The second kappa shape index (κ2) is 6.14. The van der Waals surface area contributed by atoms with Crippen molar-refractivity contribution in [3.05, 3.63) is 24.3 Å². The van der Waals surface area contributed by atoms with Gasteiger partial charge in [-0.05, 0) is 53.7 Å². The standard InChI is InChI=1S/C17H22N2O5/c1-16(2,3)23-14(20)19-12-10-8-7-9-11(12)18-13(19)22-15(21)24-17(4,5)6/h7-10H,1-6H3. The maximum Gasteiger partial charge on any atom is 0.516 e. The molecule has 24 heavy (non-hydrogen) atoms. The molecule has 0 N–H and O–H groups in total. The number of fused-ring (bicyclic) bond motifs is 1. The van der Waals surface area contributed by atoms with Gasteiger partial charge in [0.25, 0.3) is 0 Å². The third-order valence-electron chi connectivity index (χ3n) is 2.67. The Morgan fingerprint density at radius 3 is 2.12 bits per heavy atom. The lowest BCUT2D eigenvalue weighted by molar-refractivity contribution is 0.0174. The fraction of sp³-hybridized carbons (Fsp3) is 0.471. The molecule has 0 aliphatic carbocycles. The quantitative estimate of drug-likeness (QED) is 0.729. The minimum Gasteiger partial charge on any atom is -0.443 e. The van der Waals surface area contributed by atoms with E-state index in [0.29, 0.717) is 11.0 Å². The van der Waals surface area contributed by atoms with Crippen molar-refractivity contribution >= 4 is 23.3 Å². The Balaban J connectivity index is 2.40. The maximum absolute atomic E-state index is 12.5. The van der Waals surface area contributed by atoms with E-state index in [0.717, 1.165) is 4.57 Å². The first-order valence-electron chi connectivity index (χ1n) is 7.58. The fourth-order valence-corrected chi connectivity index (χ4v) is 1.90. The highest BCUT2D eigenvalue weighted by Gasteiger charge is 2.27. The van der Waals surface area contributed by atoms with Gasteiger partial charge < -0.3 is 14.2 Å². The number of nitrogens with zero attached hydrogens (tertiary/aromatic N) is 2. The third-order valence-corrected chi connectivity index (χ3v) is 2.67. The Kier molecular flexibility index (Phi) is 4.55. The first-order chi connectivity index (χ1) is 11.0. The lowest BCUT2D eigenvalue weighted by Gasteiger charge is -2.21. The average Bonchev–Trinajstić information content (AvgIpc) is 2.71. The smallest absolute Gasteiger partial charge is 0.443 e. The number of aromatic nitrogens is 2. The number of imidazole rings is 1. The Bertz CT molecular complexity index is 765. The Morgan fingerprint density at radius 1 is 0.958 bits per heavy atom. The van der Waals surface area contributed by atoms with Gasteiger partial charge in [-0.25, -0.2) is 9.59 Å². The van der Waals surface area contributed by atoms with Crippen LogP contribution in [0.1, 0.15) is 41.5 Å². The summed E-state index contributed by atoms with van der Waals surface area (Å²) < 4.78 is 16.7. The lowest BCUT2D eigenvalue weighted by Crippen LogP contribution is -2.29. The van der Waals surface area contributed by atoms with E-state index in [4.69, 9.17) is 14.2 Å². The molecule has 1 heterocycles. The van der Waals surface area contributed by atoms with Crippen LogP contribution in [0.2, 0.25) is 0 Å². The van der Waals surface area contributed by atoms with Crippen LogP contribution in [0, 0.1) is 0 Å². The SMILES string of the molecule is CC(C)(C)OC(=O)Oc1nc2ccccc2n1C(=O)OC(C)(C)C. The van der Waals surface area contributed by atoms with E-state index >= 15 is 0 Å². The summed E-state index contributed by atoms with van der Waals surface area (Å²) in [7, 11) is 0. The number of para-hydroxylation sites is 2. The number of carbonyl (C=O) groups excluding carboxylic acids is 2. The normalized spacial score (nSPS) is 12.1. The van der Waals surface area contributed by atoms with Crippen LogP contribution >= 0.6 is 0 Å². The highest BCUT2D eigenvalue weighted by atomic mass is 16.7. The van der Waals surface area contributed by atoms with Crippen molar-refractivity contribution in [2.24, 2.45) is 0 Å². The molecule has 1 aromatic carbocycles. The van der Waals surface area contributed by atoms with E-state index in [1.165, 1.54) is 0 Å². The van der Waals surface area contributed by atoms with Gasteiger partial charge in [-0.3, -0.25) is 0 Å². The molecule has 0 unspecified atom stereocenters. The molecule has 0 amide bonds. The van der Waals surface area contributed by atoms with Crippen molar-refractivity contribution in [3.8, 4) is 6.01 Å². The summed E-state index contributed by atoms with van der Waals surface area (Å²) in [4.78, 5) is 28.6. The van der Waals surface area contributed by atoms with Gasteiger partial charge in [0.05, 0.1) is 11.0 Å². The minimum atomic E-state index is -0.942.